The Kier molecular flexibility index (Phi) is 6.78. The van der Waals surface area contributed by atoms with Crippen molar-refractivity contribution in [1.29, 1.82) is 0 Å². The van der Waals surface area contributed by atoms with E-state index in [2.05, 4.69) is 5.32 Å². The Morgan fingerprint density at radius 1 is 1.04 bits per heavy atom. The molecule has 0 unspecified atom stereocenters. The Hall–Kier alpha value is -2.82. The Bertz CT molecular complexity index is 766. The van der Waals surface area contributed by atoms with Gasteiger partial charge < -0.3 is 15.0 Å². The summed E-state index contributed by atoms with van der Waals surface area (Å²) in [5, 5.41) is 2.87. The molecule has 0 atom stereocenters. The molecule has 0 radical (unpaired) electrons. The second kappa shape index (κ2) is 9.04. The minimum Gasteiger partial charge on any atom is -0.492 e. The molecular weight excluding hydrogens is 328 g/mol. The average molecular weight is 354 g/mol. The van der Waals surface area contributed by atoms with Crippen LogP contribution in [0.4, 0.5) is 11.4 Å². The normalized spacial score (nSPS) is 10.3. The summed E-state index contributed by atoms with van der Waals surface area (Å²) >= 11 is 0. The third-order valence-electron chi connectivity index (χ3n) is 4.11. The molecule has 2 aromatic rings. The van der Waals surface area contributed by atoms with Gasteiger partial charge in [0.15, 0.2) is 0 Å². The molecular formula is C21H26N2O3. The summed E-state index contributed by atoms with van der Waals surface area (Å²) in [6.07, 6.45) is 0.202. The number of ether oxygens (including phenoxy) is 1. The maximum Gasteiger partial charge on any atom is 0.226 e. The standard InChI is InChI=1S/C21H26N2O3/c1-5-26-19-12-7-6-11-18(19)22-20(25)13-14-23(17(4)24)21-15(2)9-8-10-16(21)3/h6-12H,5,13-14H2,1-4H3,(H,22,25). The first-order valence-corrected chi connectivity index (χ1v) is 8.80. The smallest absolute Gasteiger partial charge is 0.226 e. The van der Waals surface area contributed by atoms with E-state index in [1.165, 1.54) is 6.92 Å². The Morgan fingerprint density at radius 2 is 1.69 bits per heavy atom. The van der Waals surface area contributed by atoms with Crippen LogP contribution in [0.15, 0.2) is 42.5 Å². The van der Waals surface area contributed by atoms with Gasteiger partial charge in [-0.3, -0.25) is 9.59 Å². The lowest BCUT2D eigenvalue weighted by atomic mass is 10.1. The van der Waals surface area contributed by atoms with E-state index in [0.717, 1.165) is 16.8 Å². The first-order valence-electron chi connectivity index (χ1n) is 8.80. The van der Waals surface area contributed by atoms with Crippen molar-refractivity contribution < 1.29 is 14.3 Å². The van der Waals surface area contributed by atoms with E-state index in [1.54, 1.807) is 11.0 Å². The van der Waals surface area contributed by atoms with Crippen LogP contribution in [-0.4, -0.2) is 25.0 Å². The van der Waals surface area contributed by atoms with Crippen LogP contribution in [0.2, 0.25) is 0 Å². The number of amides is 2. The van der Waals surface area contributed by atoms with Gasteiger partial charge in [-0.25, -0.2) is 0 Å². The number of aryl methyl sites for hydroxylation is 2. The van der Waals surface area contributed by atoms with E-state index in [1.807, 2.05) is 57.2 Å². The quantitative estimate of drug-likeness (QED) is 0.815. The highest BCUT2D eigenvalue weighted by Gasteiger charge is 2.17. The Morgan fingerprint density at radius 3 is 2.31 bits per heavy atom. The maximum atomic E-state index is 12.4. The molecule has 0 heterocycles. The number of hydrogen-bond acceptors (Lipinski definition) is 3. The van der Waals surface area contributed by atoms with Crippen molar-refractivity contribution >= 4 is 23.2 Å². The van der Waals surface area contributed by atoms with Gasteiger partial charge >= 0.3 is 0 Å². The molecule has 26 heavy (non-hydrogen) atoms. The largest absolute Gasteiger partial charge is 0.492 e. The maximum absolute atomic E-state index is 12.4. The molecule has 1 N–H and O–H groups in total. The van der Waals surface area contributed by atoms with Crippen LogP contribution in [0.1, 0.15) is 31.4 Å². The van der Waals surface area contributed by atoms with Crippen LogP contribution in [-0.2, 0) is 9.59 Å². The molecule has 0 aliphatic carbocycles. The second-order valence-electron chi connectivity index (χ2n) is 6.14. The fourth-order valence-electron chi connectivity index (χ4n) is 2.94. The van der Waals surface area contributed by atoms with Gasteiger partial charge in [0.2, 0.25) is 11.8 Å². The van der Waals surface area contributed by atoms with Crippen molar-refractivity contribution in [2.45, 2.75) is 34.1 Å². The lowest BCUT2D eigenvalue weighted by Gasteiger charge is -2.25. The lowest BCUT2D eigenvalue weighted by Crippen LogP contribution is -2.33. The molecule has 5 nitrogen and oxygen atoms in total. The van der Waals surface area contributed by atoms with Crippen molar-refractivity contribution in [1.82, 2.24) is 0 Å². The van der Waals surface area contributed by atoms with Crippen LogP contribution in [0.3, 0.4) is 0 Å². The summed E-state index contributed by atoms with van der Waals surface area (Å²) in [5.74, 6) is 0.404. The monoisotopic (exact) mass is 354 g/mol. The molecule has 0 aliphatic rings. The zero-order chi connectivity index (χ0) is 19.1. The van der Waals surface area contributed by atoms with E-state index >= 15 is 0 Å². The van der Waals surface area contributed by atoms with Crippen molar-refractivity contribution in [3.05, 3.63) is 53.6 Å². The fourth-order valence-corrected chi connectivity index (χ4v) is 2.94. The predicted molar refractivity (Wildman–Crippen MR) is 105 cm³/mol. The number of hydrogen-bond donors (Lipinski definition) is 1. The van der Waals surface area contributed by atoms with Crippen LogP contribution in [0.5, 0.6) is 5.75 Å². The number of nitrogens with zero attached hydrogens (tertiary/aromatic N) is 1. The van der Waals surface area contributed by atoms with E-state index in [0.29, 0.717) is 24.6 Å². The minimum absolute atomic E-state index is 0.0788. The van der Waals surface area contributed by atoms with E-state index in [9.17, 15) is 9.59 Å². The van der Waals surface area contributed by atoms with Crippen molar-refractivity contribution in [2.75, 3.05) is 23.4 Å². The van der Waals surface area contributed by atoms with Gasteiger partial charge in [-0.2, -0.15) is 0 Å². The average Bonchev–Trinajstić information content (AvgIpc) is 2.59. The predicted octanol–water partition coefficient (Wildman–Crippen LogP) is 4.08. The molecule has 2 amide bonds. The fraction of sp³-hybridized carbons (Fsp3) is 0.333. The molecule has 0 aromatic heterocycles. The van der Waals surface area contributed by atoms with Gasteiger partial charge in [0, 0.05) is 25.6 Å². The lowest BCUT2D eigenvalue weighted by molar-refractivity contribution is -0.117. The molecule has 5 heteroatoms. The molecule has 0 saturated carbocycles. The summed E-state index contributed by atoms with van der Waals surface area (Å²) in [4.78, 5) is 26.2. The second-order valence-corrected chi connectivity index (χ2v) is 6.14. The van der Waals surface area contributed by atoms with Crippen LogP contribution >= 0.6 is 0 Å². The first kappa shape index (κ1) is 19.5. The molecule has 138 valence electrons. The topological polar surface area (TPSA) is 58.6 Å². The summed E-state index contributed by atoms with van der Waals surface area (Å²) < 4.78 is 5.52. The van der Waals surface area contributed by atoms with Gasteiger partial charge in [0.05, 0.1) is 12.3 Å². The summed E-state index contributed by atoms with van der Waals surface area (Å²) in [6.45, 7) is 8.20. The first-order chi connectivity index (χ1) is 12.4. The van der Waals surface area contributed by atoms with Crippen molar-refractivity contribution in [2.24, 2.45) is 0 Å². The third-order valence-corrected chi connectivity index (χ3v) is 4.11. The number of anilines is 2. The van der Waals surface area contributed by atoms with E-state index in [-0.39, 0.29) is 18.2 Å². The van der Waals surface area contributed by atoms with Crippen LogP contribution in [0.25, 0.3) is 0 Å². The highest BCUT2D eigenvalue weighted by atomic mass is 16.5. The van der Waals surface area contributed by atoms with Gasteiger partial charge in [-0.05, 0) is 44.0 Å². The minimum atomic E-state index is -0.158. The third kappa shape index (κ3) is 4.85. The molecule has 0 bridgehead atoms. The molecule has 0 spiro atoms. The van der Waals surface area contributed by atoms with Gasteiger partial charge in [-0.1, -0.05) is 30.3 Å². The number of nitrogens with one attached hydrogen (secondary N) is 1. The van der Waals surface area contributed by atoms with Crippen LogP contribution < -0.4 is 15.0 Å². The number of rotatable bonds is 7. The highest BCUT2D eigenvalue weighted by molar-refractivity contribution is 5.96. The highest BCUT2D eigenvalue weighted by Crippen LogP contribution is 2.26. The molecule has 2 rings (SSSR count). The van der Waals surface area contributed by atoms with Gasteiger partial charge in [0.1, 0.15) is 5.75 Å². The van der Waals surface area contributed by atoms with Gasteiger partial charge in [0.25, 0.3) is 0 Å². The van der Waals surface area contributed by atoms with E-state index in [4.69, 9.17) is 4.74 Å². The number of benzene rings is 2. The SMILES string of the molecule is CCOc1ccccc1NC(=O)CCN(C(C)=O)c1c(C)cccc1C. The Labute approximate surface area is 155 Å². The zero-order valence-electron chi connectivity index (χ0n) is 15.8. The molecule has 2 aromatic carbocycles. The summed E-state index contributed by atoms with van der Waals surface area (Å²) in [5.41, 5.74) is 3.55. The molecule has 0 fully saturated rings. The number of para-hydroxylation sites is 3. The van der Waals surface area contributed by atoms with Crippen molar-refractivity contribution in [3.8, 4) is 5.75 Å². The molecule has 0 saturated heterocycles. The number of carbonyl (C=O) groups excluding carboxylic acids is 2. The summed E-state index contributed by atoms with van der Waals surface area (Å²) in [6, 6.07) is 13.2. The summed E-state index contributed by atoms with van der Waals surface area (Å²) in [7, 11) is 0. The molecule has 0 aliphatic heterocycles. The van der Waals surface area contributed by atoms with Gasteiger partial charge in [-0.15, -0.1) is 0 Å². The van der Waals surface area contributed by atoms with Crippen LogP contribution in [0, 0.1) is 13.8 Å². The van der Waals surface area contributed by atoms with E-state index < -0.39 is 0 Å². The zero-order valence-corrected chi connectivity index (χ0v) is 15.8. The Balaban J connectivity index is 2.08. The van der Waals surface area contributed by atoms with Crippen molar-refractivity contribution in [3.63, 3.8) is 0 Å². The number of carbonyl (C=O) groups is 2.